The number of amides is 1. The summed E-state index contributed by atoms with van der Waals surface area (Å²) in [6.07, 6.45) is 61.4. The van der Waals surface area contributed by atoms with Crippen molar-refractivity contribution in [3.63, 3.8) is 0 Å². The Morgan fingerprint density at radius 3 is 1.28 bits per heavy atom. The smallest absolute Gasteiger partial charge is 0.305 e. The lowest BCUT2D eigenvalue weighted by Crippen LogP contribution is -2.45. The van der Waals surface area contributed by atoms with E-state index >= 15 is 0 Å². The first-order valence-corrected chi connectivity index (χ1v) is 26.8. The monoisotopic (exact) mass is 858 g/mol. The highest BCUT2D eigenvalue weighted by atomic mass is 16.5. The molecule has 0 aromatic rings. The summed E-state index contributed by atoms with van der Waals surface area (Å²) in [6, 6.07) is -0.636. The molecule has 3 N–H and O–H groups in total. The highest BCUT2D eigenvalue weighted by Gasteiger charge is 2.18. The van der Waals surface area contributed by atoms with Crippen molar-refractivity contribution in [3.05, 3.63) is 36.5 Å². The van der Waals surface area contributed by atoms with Gasteiger partial charge in [0.15, 0.2) is 0 Å². The van der Waals surface area contributed by atoms with E-state index in [1.807, 2.05) is 6.08 Å². The summed E-state index contributed by atoms with van der Waals surface area (Å²) in [7, 11) is 0. The van der Waals surface area contributed by atoms with E-state index in [0.29, 0.717) is 19.4 Å². The molecular formula is C55H103NO5. The number of hydrogen-bond donors (Lipinski definition) is 3. The maximum absolute atomic E-state index is 12.4. The van der Waals surface area contributed by atoms with E-state index in [4.69, 9.17) is 4.74 Å². The molecule has 358 valence electrons. The average molecular weight is 858 g/mol. The molecule has 0 saturated heterocycles. The summed E-state index contributed by atoms with van der Waals surface area (Å²) in [6.45, 7) is 4.85. The van der Waals surface area contributed by atoms with Gasteiger partial charge in [-0.1, -0.05) is 237 Å². The van der Waals surface area contributed by atoms with Crippen molar-refractivity contribution in [2.24, 2.45) is 0 Å². The van der Waals surface area contributed by atoms with Gasteiger partial charge in [0.2, 0.25) is 5.91 Å². The number of aliphatic hydroxyl groups excluding tert-OH is 2. The Morgan fingerprint density at radius 2 is 0.820 bits per heavy atom. The number of hydrogen-bond acceptors (Lipinski definition) is 5. The molecule has 0 radical (unpaired) electrons. The predicted octanol–water partition coefficient (Wildman–Crippen LogP) is 16.1. The van der Waals surface area contributed by atoms with Gasteiger partial charge in [-0.25, -0.2) is 0 Å². The average Bonchev–Trinajstić information content (AvgIpc) is 3.26. The molecule has 61 heavy (non-hydrogen) atoms. The van der Waals surface area contributed by atoms with Crippen molar-refractivity contribution in [1.29, 1.82) is 0 Å². The van der Waals surface area contributed by atoms with Crippen LogP contribution in [0.3, 0.4) is 0 Å². The van der Waals surface area contributed by atoms with Crippen molar-refractivity contribution < 1.29 is 24.5 Å². The lowest BCUT2D eigenvalue weighted by molar-refractivity contribution is -0.143. The largest absolute Gasteiger partial charge is 0.466 e. The first-order valence-electron chi connectivity index (χ1n) is 26.8. The van der Waals surface area contributed by atoms with Gasteiger partial charge in [-0.15, -0.1) is 0 Å². The number of aliphatic hydroxyl groups is 2. The number of esters is 1. The Labute approximate surface area is 379 Å². The standard InChI is InChI=1S/C55H103NO5/c1-3-5-7-9-11-13-15-17-19-23-27-31-35-39-43-47-53(58)52(51-57)56-54(59)48-44-40-36-32-28-24-21-22-26-30-34-38-42-46-50-61-55(60)49-45-41-37-33-29-25-20-18-16-14-12-10-8-6-4-2/h12,14,18,20,43,47,52-53,57-58H,3-11,13,15-17,19,21-42,44-46,48-51H2,1-2H3,(H,56,59)/b14-12-,20-18-,47-43+. The van der Waals surface area contributed by atoms with E-state index < -0.39 is 12.1 Å². The van der Waals surface area contributed by atoms with Crippen molar-refractivity contribution in [1.82, 2.24) is 5.32 Å². The van der Waals surface area contributed by atoms with Gasteiger partial charge < -0.3 is 20.3 Å². The first-order chi connectivity index (χ1) is 30.0. The summed E-state index contributed by atoms with van der Waals surface area (Å²) < 4.78 is 5.46. The fourth-order valence-electron chi connectivity index (χ4n) is 8.02. The van der Waals surface area contributed by atoms with Crippen LogP contribution in [-0.2, 0) is 14.3 Å². The number of unbranched alkanes of at least 4 members (excludes halogenated alkanes) is 34. The van der Waals surface area contributed by atoms with Gasteiger partial charge in [0, 0.05) is 12.8 Å². The molecule has 2 atom stereocenters. The Hall–Kier alpha value is -1.92. The second kappa shape index (κ2) is 50.7. The van der Waals surface area contributed by atoms with Crippen LogP contribution in [0.5, 0.6) is 0 Å². The van der Waals surface area contributed by atoms with E-state index in [1.54, 1.807) is 6.08 Å². The number of allylic oxidation sites excluding steroid dienone is 5. The second-order valence-electron chi connectivity index (χ2n) is 18.2. The maximum atomic E-state index is 12.4. The number of rotatable bonds is 49. The Morgan fingerprint density at radius 1 is 0.459 bits per heavy atom. The molecule has 6 heteroatoms. The minimum Gasteiger partial charge on any atom is -0.466 e. The Balaban J connectivity index is 3.49. The van der Waals surface area contributed by atoms with Crippen molar-refractivity contribution in [2.45, 2.75) is 289 Å². The minimum atomic E-state index is -0.852. The highest BCUT2D eigenvalue weighted by molar-refractivity contribution is 5.76. The molecule has 1 amide bonds. The predicted molar refractivity (Wildman–Crippen MR) is 264 cm³/mol. The molecule has 0 aromatic heterocycles. The molecule has 0 saturated carbocycles. The van der Waals surface area contributed by atoms with E-state index in [1.165, 1.54) is 186 Å². The molecule has 0 fully saturated rings. The molecule has 6 nitrogen and oxygen atoms in total. The van der Waals surface area contributed by atoms with E-state index in [-0.39, 0.29) is 18.5 Å². The minimum absolute atomic E-state index is 0.0178. The summed E-state index contributed by atoms with van der Waals surface area (Å²) >= 11 is 0. The SMILES string of the molecule is CCCCC/C=C\C/C=C\CCCCCCCC(=O)OCCCCCCCCCCCCCCCCC(=O)NC(CO)C(O)/C=C/CCCCCCCCCCCCCCC. The Bertz CT molecular complexity index is 993. The zero-order chi connectivity index (χ0) is 44.4. The molecule has 0 aliphatic heterocycles. The first kappa shape index (κ1) is 59.1. The van der Waals surface area contributed by atoms with E-state index in [2.05, 4.69) is 43.5 Å². The molecular weight excluding hydrogens is 755 g/mol. The van der Waals surface area contributed by atoms with Gasteiger partial charge in [-0.2, -0.15) is 0 Å². The summed E-state index contributed by atoms with van der Waals surface area (Å²) in [5, 5.41) is 23.1. The van der Waals surface area contributed by atoms with Gasteiger partial charge in [-0.3, -0.25) is 9.59 Å². The van der Waals surface area contributed by atoms with Crippen LogP contribution < -0.4 is 5.32 Å². The zero-order valence-electron chi connectivity index (χ0n) is 40.6. The van der Waals surface area contributed by atoms with Gasteiger partial charge in [-0.05, 0) is 64.2 Å². The molecule has 0 aromatic carbocycles. The number of nitrogens with one attached hydrogen (secondary N) is 1. The summed E-state index contributed by atoms with van der Waals surface area (Å²) in [4.78, 5) is 24.5. The third kappa shape index (κ3) is 47.4. The van der Waals surface area contributed by atoms with Crippen LogP contribution in [0, 0.1) is 0 Å². The van der Waals surface area contributed by atoms with E-state index in [0.717, 1.165) is 64.2 Å². The molecule has 2 unspecified atom stereocenters. The normalized spacial score (nSPS) is 12.9. The fraction of sp³-hybridized carbons (Fsp3) is 0.855. The zero-order valence-corrected chi connectivity index (χ0v) is 40.6. The molecule has 0 aliphatic carbocycles. The lowest BCUT2D eigenvalue weighted by atomic mass is 10.0. The topological polar surface area (TPSA) is 95.9 Å². The molecule has 0 aliphatic rings. The van der Waals surface area contributed by atoms with Crippen LogP contribution in [-0.4, -0.2) is 47.4 Å². The number of carbonyl (C=O) groups excluding carboxylic acids is 2. The van der Waals surface area contributed by atoms with Gasteiger partial charge in [0.25, 0.3) is 0 Å². The molecule has 0 heterocycles. The lowest BCUT2D eigenvalue weighted by Gasteiger charge is -2.20. The summed E-state index contributed by atoms with van der Waals surface area (Å²) in [5.74, 6) is -0.0969. The second-order valence-corrected chi connectivity index (χ2v) is 18.2. The van der Waals surface area contributed by atoms with E-state index in [9.17, 15) is 19.8 Å². The van der Waals surface area contributed by atoms with Crippen molar-refractivity contribution in [2.75, 3.05) is 13.2 Å². The quantitative estimate of drug-likeness (QED) is 0.0322. The summed E-state index contributed by atoms with van der Waals surface area (Å²) in [5.41, 5.74) is 0. The van der Waals surface area contributed by atoms with Gasteiger partial charge in [0.1, 0.15) is 0 Å². The number of carbonyl (C=O) groups is 2. The maximum Gasteiger partial charge on any atom is 0.305 e. The van der Waals surface area contributed by atoms with Gasteiger partial charge in [0.05, 0.1) is 25.4 Å². The van der Waals surface area contributed by atoms with Crippen LogP contribution >= 0.6 is 0 Å². The van der Waals surface area contributed by atoms with Crippen LogP contribution in [0.25, 0.3) is 0 Å². The molecule has 0 bridgehead atoms. The fourth-order valence-corrected chi connectivity index (χ4v) is 8.02. The third-order valence-electron chi connectivity index (χ3n) is 12.2. The third-order valence-corrected chi connectivity index (χ3v) is 12.2. The van der Waals surface area contributed by atoms with Crippen LogP contribution in [0.4, 0.5) is 0 Å². The molecule has 0 spiro atoms. The highest BCUT2D eigenvalue weighted by Crippen LogP contribution is 2.16. The molecule has 0 rings (SSSR count). The Kier molecular flexibility index (Phi) is 49.1. The van der Waals surface area contributed by atoms with Crippen molar-refractivity contribution >= 4 is 11.9 Å². The number of ether oxygens (including phenoxy) is 1. The van der Waals surface area contributed by atoms with Crippen molar-refractivity contribution in [3.8, 4) is 0 Å². The van der Waals surface area contributed by atoms with Crippen LogP contribution in [0.1, 0.15) is 277 Å². The van der Waals surface area contributed by atoms with Gasteiger partial charge >= 0.3 is 5.97 Å². The van der Waals surface area contributed by atoms with Crippen LogP contribution in [0.15, 0.2) is 36.5 Å². The van der Waals surface area contributed by atoms with Crippen LogP contribution in [0.2, 0.25) is 0 Å².